The van der Waals surface area contributed by atoms with Crippen LogP contribution in [-0.4, -0.2) is 44.1 Å². The van der Waals surface area contributed by atoms with Crippen molar-refractivity contribution in [2.75, 3.05) is 19.3 Å². The number of likely N-dealkylation sites (tertiary alicyclic amines) is 1. The number of carbonyl (C=O) groups is 1. The van der Waals surface area contributed by atoms with Crippen molar-refractivity contribution in [1.82, 2.24) is 9.62 Å². The average molecular weight is 234 g/mol. The number of carbonyl (C=O) groups excluding carboxylic acids is 1. The molecule has 15 heavy (non-hydrogen) atoms. The van der Waals surface area contributed by atoms with Crippen LogP contribution in [-0.2, 0) is 14.8 Å². The maximum absolute atomic E-state index is 11.1. The Kier molecular flexibility index (Phi) is 3.40. The minimum absolute atomic E-state index is 0.0522. The highest BCUT2D eigenvalue weighted by molar-refractivity contribution is 7.88. The molecule has 1 aliphatic heterocycles. The van der Waals surface area contributed by atoms with E-state index in [-0.39, 0.29) is 5.91 Å². The van der Waals surface area contributed by atoms with E-state index >= 15 is 0 Å². The lowest BCUT2D eigenvalue weighted by Crippen LogP contribution is -2.53. The Morgan fingerprint density at radius 3 is 2.13 bits per heavy atom. The van der Waals surface area contributed by atoms with Crippen molar-refractivity contribution < 1.29 is 13.2 Å². The molecular weight excluding hydrogens is 216 g/mol. The van der Waals surface area contributed by atoms with Crippen molar-refractivity contribution in [3.8, 4) is 0 Å². The van der Waals surface area contributed by atoms with E-state index in [1.165, 1.54) is 6.92 Å². The van der Waals surface area contributed by atoms with Crippen LogP contribution in [0.1, 0.15) is 26.7 Å². The predicted molar refractivity (Wildman–Crippen MR) is 57.9 cm³/mol. The Labute approximate surface area is 90.9 Å². The molecule has 0 aliphatic carbocycles. The van der Waals surface area contributed by atoms with E-state index in [1.54, 1.807) is 4.90 Å². The van der Waals surface area contributed by atoms with Gasteiger partial charge in [0.25, 0.3) is 0 Å². The van der Waals surface area contributed by atoms with Crippen LogP contribution in [0.25, 0.3) is 0 Å². The Morgan fingerprint density at radius 1 is 1.33 bits per heavy atom. The molecule has 6 heteroatoms. The fourth-order valence-corrected chi connectivity index (χ4v) is 2.96. The molecular formula is C9H18N2O3S. The van der Waals surface area contributed by atoms with Crippen LogP contribution in [0.2, 0.25) is 0 Å². The fraction of sp³-hybridized carbons (Fsp3) is 0.889. The van der Waals surface area contributed by atoms with Crippen molar-refractivity contribution in [3.05, 3.63) is 0 Å². The molecule has 5 nitrogen and oxygen atoms in total. The topological polar surface area (TPSA) is 66.5 Å². The molecule has 1 rings (SSSR count). The van der Waals surface area contributed by atoms with Gasteiger partial charge in [-0.05, 0) is 19.8 Å². The molecule has 0 atom stereocenters. The fourth-order valence-electron chi connectivity index (χ4n) is 1.86. The third-order valence-electron chi connectivity index (χ3n) is 2.74. The van der Waals surface area contributed by atoms with Gasteiger partial charge in [0.2, 0.25) is 15.9 Å². The number of hydrogen-bond donors (Lipinski definition) is 1. The number of sulfonamides is 1. The Morgan fingerprint density at radius 2 is 1.80 bits per heavy atom. The quantitative estimate of drug-likeness (QED) is 0.727. The molecule has 0 unspecified atom stereocenters. The highest BCUT2D eigenvalue weighted by Crippen LogP contribution is 2.22. The molecule has 1 N–H and O–H groups in total. The maximum Gasteiger partial charge on any atom is 0.219 e. The predicted octanol–water partition coefficient (Wildman–Crippen LogP) is -0.0634. The van der Waals surface area contributed by atoms with Gasteiger partial charge in [-0.15, -0.1) is 0 Å². The van der Waals surface area contributed by atoms with E-state index in [1.807, 2.05) is 6.92 Å². The van der Waals surface area contributed by atoms with Crippen LogP contribution >= 0.6 is 0 Å². The van der Waals surface area contributed by atoms with Gasteiger partial charge >= 0.3 is 0 Å². The highest BCUT2D eigenvalue weighted by atomic mass is 32.2. The first kappa shape index (κ1) is 12.4. The van der Waals surface area contributed by atoms with Crippen LogP contribution in [0.15, 0.2) is 0 Å². The molecule has 1 amide bonds. The summed E-state index contributed by atoms with van der Waals surface area (Å²) in [5.74, 6) is 0.0522. The van der Waals surface area contributed by atoms with E-state index in [9.17, 15) is 13.2 Å². The van der Waals surface area contributed by atoms with E-state index in [4.69, 9.17) is 0 Å². The van der Waals surface area contributed by atoms with Crippen LogP contribution < -0.4 is 4.72 Å². The third kappa shape index (κ3) is 3.79. The Hall–Kier alpha value is -0.620. The van der Waals surface area contributed by atoms with Gasteiger partial charge in [0.1, 0.15) is 0 Å². The average Bonchev–Trinajstić information content (AvgIpc) is 2.00. The molecule has 0 spiro atoms. The molecule has 0 aromatic carbocycles. The first-order chi connectivity index (χ1) is 6.72. The molecule has 1 saturated heterocycles. The number of piperidine rings is 1. The second kappa shape index (κ2) is 4.09. The number of hydrogen-bond acceptors (Lipinski definition) is 3. The molecule has 1 aliphatic rings. The number of nitrogens with one attached hydrogen (secondary N) is 1. The standard InChI is InChI=1S/C9H18N2O3S/c1-8(12)11-6-4-9(2,5-7-11)10-15(3,13)14/h10H,4-7H2,1-3H3. The number of nitrogens with zero attached hydrogens (tertiary/aromatic N) is 1. The van der Waals surface area contributed by atoms with E-state index in [2.05, 4.69) is 4.72 Å². The van der Waals surface area contributed by atoms with Crippen molar-refractivity contribution in [3.63, 3.8) is 0 Å². The summed E-state index contributed by atoms with van der Waals surface area (Å²) in [7, 11) is -3.17. The van der Waals surface area contributed by atoms with Crippen molar-refractivity contribution in [2.45, 2.75) is 32.2 Å². The van der Waals surface area contributed by atoms with Gasteiger partial charge in [-0.3, -0.25) is 4.79 Å². The smallest absolute Gasteiger partial charge is 0.219 e. The summed E-state index contributed by atoms with van der Waals surface area (Å²) in [5.41, 5.74) is -0.403. The van der Waals surface area contributed by atoms with Gasteiger partial charge in [-0.1, -0.05) is 0 Å². The van der Waals surface area contributed by atoms with Gasteiger partial charge in [0, 0.05) is 25.6 Å². The summed E-state index contributed by atoms with van der Waals surface area (Å²) >= 11 is 0. The molecule has 0 aromatic heterocycles. The van der Waals surface area contributed by atoms with Crippen molar-refractivity contribution in [2.24, 2.45) is 0 Å². The normalized spacial score (nSPS) is 21.4. The van der Waals surface area contributed by atoms with E-state index < -0.39 is 15.6 Å². The van der Waals surface area contributed by atoms with E-state index in [0.717, 1.165) is 6.26 Å². The van der Waals surface area contributed by atoms with Crippen molar-refractivity contribution >= 4 is 15.9 Å². The monoisotopic (exact) mass is 234 g/mol. The molecule has 0 bridgehead atoms. The maximum atomic E-state index is 11.1. The third-order valence-corrected chi connectivity index (χ3v) is 3.61. The second-order valence-corrected chi connectivity index (χ2v) is 6.19. The molecule has 88 valence electrons. The molecule has 1 heterocycles. The van der Waals surface area contributed by atoms with Gasteiger partial charge in [0.05, 0.1) is 6.26 Å². The Balaban J connectivity index is 2.59. The minimum Gasteiger partial charge on any atom is -0.343 e. The first-order valence-corrected chi connectivity index (χ1v) is 6.85. The van der Waals surface area contributed by atoms with Crippen LogP contribution in [0.5, 0.6) is 0 Å². The molecule has 1 fully saturated rings. The van der Waals surface area contributed by atoms with Crippen molar-refractivity contribution in [1.29, 1.82) is 0 Å². The molecule has 0 radical (unpaired) electrons. The lowest BCUT2D eigenvalue weighted by Gasteiger charge is -2.38. The zero-order valence-corrected chi connectivity index (χ0v) is 10.2. The SMILES string of the molecule is CC(=O)N1CCC(C)(NS(C)(=O)=O)CC1. The lowest BCUT2D eigenvalue weighted by atomic mass is 9.91. The summed E-state index contributed by atoms with van der Waals surface area (Å²) in [6, 6.07) is 0. The summed E-state index contributed by atoms with van der Waals surface area (Å²) in [4.78, 5) is 12.8. The Bertz CT molecular complexity index is 342. The van der Waals surface area contributed by atoms with Gasteiger partial charge in [-0.25, -0.2) is 13.1 Å². The highest BCUT2D eigenvalue weighted by Gasteiger charge is 2.33. The van der Waals surface area contributed by atoms with Crippen LogP contribution in [0.3, 0.4) is 0 Å². The van der Waals surface area contributed by atoms with Gasteiger partial charge in [0.15, 0.2) is 0 Å². The zero-order chi connectivity index (χ0) is 11.7. The summed E-state index contributed by atoms with van der Waals surface area (Å²) < 4.78 is 24.9. The molecule has 0 aromatic rings. The minimum atomic E-state index is -3.17. The lowest BCUT2D eigenvalue weighted by molar-refractivity contribution is -0.130. The van der Waals surface area contributed by atoms with E-state index in [0.29, 0.717) is 25.9 Å². The summed E-state index contributed by atoms with van der Waals surface area (Å²) in [6.45, 7) is 4.65. The van der Waals surface area contributed by atoms with Gasteiger partial charge in [-0.2, -0.15) is 0 Å². The number of rotatable bonds is 2. The van der Waals surface area contributed by atoms with Crippen LogP contribution in [0.4, 0.5) is 0 Å². The summed E-state index contributed by atoms with van der Waals surface area (Å²) in [5, 5.41) is 0. The van der Waals surface area contributed by atoms with Crippen LogP contribution in [0, 0.1) is 0 Å². The first-order valence-electron chi connectivity index (χ1n) is 4.96. The number of amides is 1. The zero-order valence-electron chi connectivity index (χ0n) is 9.41. The second-order valence-electron chi connectivity index (χ2n) is 4.44. The van der Waals surface area contributed by atoms with Gasteiger partial charge < -0.3 is 4.90 Å². The molecule has 0 saturated carbocycles. The largest absolute Gasteiger partial charge is 0.343 e. The summed E-state index contributed by atoms with van der Waals surface area (Å²) in [6.07, 6.45) is 2.49.